The second kappa shape index (κ2) is 4.30. The van der Waals surface area contributed by atoms with Crippen molar-refractivity contribution >= 4 is 12.6 Å². The first-order valence-corrected chi connectivity index (χ1v) is 5.52. The van der Waals surface area contributed by atoms with E-state index in [1.807, 2.05) is 6.92 Å². The summed E-state index contributed by atoms with van der Waals surface area (Å²) >= 11 is 4.19. The molecule has 2 nitrogen and oxygen atoms in total. The summed E-state index contributed by atoms with van der Waals surface area (Å²) < 4.78 is 0. The van der Waals surface area contributed by atoms with Gasteiger partial charge in [0.15, 0.2) is 0 Å². The predicted molar refractivity (Wildman–Crippen MR) is 63.0 cm³/mol. The molecule has 0 aliphatic heterocycles. The van der Waals surface area contributed by atoms with Gasteiger partial charge in [-0.25, -0.2) is 9.97 Å². The van der Waals surface area contributed by atoms with Crippen molar-refractivity contribution in [1.29, 1.82) is 0 Å². The summed E-state index contributed by atoms with van der Waals surface area (Å²) in [5.74, 6) is 1.71. The molecule has 0 amide bonds. The molecule has 1 aromatic heterocycles. The van der Waals surface area contributed by atoms with Gasteiger partial charge in [0.25, 0.3) is 0 Å². The highest BCUT2D eigenvalue weighted by molar-refractivity contribution is 7.80. The molecule has 0 atom stereocenters. The fourth-order valence-corrected chi connectivity index (χ4v) is 1.43. The van der Waals surface area contributed by atoms with E-state index in [9.17, 15) is 0 Å². The molecule has 0 spiro atoms. The Bertz CT molecular complexity index is 316. The second-order valence-corrected chi connectivity index (χ2v) is 4.98. The summed E-state index contributed by atoms with van der Waals surface area (Å²) in [6.07, 6.45) is 0.841. The van der Waals surface area contributed by atoms with E-state index in [4.69, 9.17) is 0 Å². The summed E-state index contributed by atoms with van der Waals surface area (Å²) in [5, 5.41) is 0. The lowest BCUT2D eigenvalue weighted by atomic mass is 9.91. The third-order valence-corrected chi connectivity index (χ3v) is 2.23. The summed E-state index contributed by atoms with van der Waals surface area (Å²) in [7, 11) is 0. The van der Waals surface area contributed by atoms with Gasteiger partial charge in [-0.15, -0.1) is 0 Å². The maximum atomic E-state index is 4.53. The van der Waals surface area contributed by atoms with Gasteiger partial charge in [0, 0.05) is 23.2 Å². The molecule has 14 heavy (non-hydrogen) atoms. The van der Waals surface area contributed by atoms with Crippen molar-refractivity contribution in [2.24, 2.45) is 0 Å². The maximum absolute atomic E-state index is 4.53. The zero-order valence-electron chi connectivity index (χ0n) is 9.33. The molecule has 78 valence electrons. The third-order valence-electron chi connectivity index (χ3n) is 2.00. The van der Waals surface area contributed by atoms with E-state index in [0.717, 1.165) is 29.4 Å². The molecule has 0 fully saturated rings. The first kappa shape index (κ1) is 11.5. The Morgan fingerprint density at radius 2 is 1.93 bits per heavy atom. The number of aryl methyl sites for hydroxylation is 2. The number of rotatable bonds is 2. The van der Waals surface area contributed by atoms with Gasteiger partial charge in [0.2, 0.25) is 0 Å². The van der Waals surface area contributed by atoms with E-state index in [2.05, 4.69) is 49.4 Å². The number of nitrogens with zero attached hydrogens (tertiary/aromatic N) is 2. The van der Waals surface area contributed by atoms with Gasteiger partial charge < -0.3 is 0 Å². The minimum atomic E-state index is 0.0963. The topological polar surface area (TPSA) is 25.8 Å². The Morgan fingerprint density at radius 1 is 1.29 bits per heavy atom. The minimum Gasteiger partial charge on any atom is -0.238 e. The van der Waals surface area contributed by atoms with E-state index in [1.54, 1.807) is 0 Å². The normalized spacial score (nSPS) is 11.8. The monoisotopic (exact) mass is 210 g/mol. The van der Waals surface area contributed by atoms with Crippen LogP contribution in [0.5, 0.6) is 0 Å². The van der Waals surface area contributed by atoms with E-state index in [1.165, 1.54) is 0 Å². The average Bonchev–Trinajstić information content (AvgIpc) is 2.02. The molecule has 1 aromatic rings. The fraction of sp³-hybridized carbons (Fsp3) is 0.636. The van der Waals surface area contributed by atoms with Crippen molar-refractivity contribution in [2.75, 3.05) is 5.75 Å². The van der Waals surface area contributed by atoms with Crippen molar-refractivity contribution in [1.82, 2.24) is 9.97 Å². The highest BCUT2D eigenvalue weighted by Gasteiger charge is 2.16. The number of thiol groups is 1. The predicted octanol–water partition coefficient (Wildman–Crippen LogP) is 2.55. The highest BCUT2D eigenvalue weighted by Crippen LogP contribution is 2.20. The molecule has 0 unspecified atom stereocenters. The van der Waals surface area contributed by atoms with Crippen molar-refractivity contribution < 1.29 is 0 Å². The Balaban J connectivity index is 3.07. The van der Waals surface area contributed by atoms with Crippen LogP contribution in [0.1, 0.15) is 38.0 Å². The van der Waals surface area contributed by atoms with Crippen LogP contribution < -0.4 is 0 Å². The largest absolute Gasteiger partial charge is 0.238 e. The molecule has 3 heteroatoms. The SMILES string of the molecule is Cc1cc(C(C)(C)C)nc(CCS)n1. The van der Waals surface area contributed by atoms with E-state index >= 15 is 0 Å². The lowest BCUT2D eigenvalue weighted by molar-refractivity contribution is 0.561. The summed E-state index contributed by atoms with van der Waals surface area (Å²) in [6, 6.07) is 2.06. The molecule has 0 bridgehead atoms. The third kappa shape index (κ3) is 2.98. The van der Waals surface area contributed by atoms with Crippen LogP contribution in [-0.2, 0) is 11.8 Å². The molecular weight excluding hydrogens is 192 g/mol. The van der Waals surface area contributed by atoms with Crippen LogP contribution in [0.4, 0.5) is 0 Å². The van der Waals surface area contributed by atoms with E-state index in [0.29, 0.717) is 0 Å². The highest BCUT2D eigenvalue weighted by atomic mass is 32.1. The Hall–Kier alpha value is -0.570. The Morgan fingerprint density at radius 3 is 2.43 bits per heavy atom. The van der Waals surface area contributed by atoms with Crippen LogP contribution in [0.3, 0.4) is 0 Å². The summed E-state index contributed by atoms with van der Waals surface area (Å²) in [5.41, 5.74) is 2.25. The smallest absolute Gasteiger partial charge is 0.129 e. The number of aromatic nitrogens is 2. The van der Waals surface area contributed by atoms with Gasteiger partial charge in [0.05, 0.1) is 0 Å². The zero-order valence-corrected chi connectivity index (χ0v) is 10.2. The van der Waals surface area contributed by atoms with E-state index < -0.39 is 0 Å². The molecule has 0 saturated heterocycles. The van der Waals surface area contributed by atoms with E-state index in [-0.39, 0.29) is 5.41 Å². The molecule has 0 radical (unpaired) electrons. The van der Waals surface area contributed by atoms with Crippen molar-refractivity contribution in [3.8, 4) is 0 Å². The van der Waals surface area contributed by atoms with Crippen molar-refractivity contribution in [2.45, 2.75) is 39.5 Å². The fourth-order valence-electron chi connectivity index (χ4n) is 1.23. The second-order valence-electron chi connectivity index (χ2n) is 4.53. The summed E-state index contributed by atoms with van der Waals surface area (Å²) in [4.78, 5) is 8.91. The standard InChI is InChI=1S/C11H18N2S/c1-8-7-9(11(2,3)4)13-10(12-8)5-6-14/h7,14H,5-6H2,1-4H3. The Labute approximate surface area is 91.6 Å². The van der Waals surface area contributed by atoms with Crippen LogP contribution in [0.25, 0.3) is 0 Å². The number of hydrogen-bond donors (Lipinski definition) is 1. The lowest BCUT2D eigenvalue weighted by Gasteiger charge is -2.18. The van der Waals surface area contributed by atoms with Crippen LogP contribution in [0.15, 0.2) is 6.07 Å². The van der Waals surface area contributed by atoms with Crippen LogP contribution in [0.2, 0.25) is 0 Å². The molecule has 0 aromatic carbocycles. The molecule has 1 heterocycles. The lowest BCUT2D eigenvalue weighted by Crippen LogP contribution is -2.16. The summed E-state index contributed by atoms with van der Waals surface area (Å²) in [6.45, 7) is 8.51. The quantitative estimate of drug-likeness (QED) is 0.759. The van der Waals surface area contributed by atoms with Gasteiger partial charge in [-0.2, -0.15) is 12.6 Å². The van der Waals surface area contributed by atoms with Crippen LogP contribution in [-0.4, -0.2) is 15.7 Å². The van der Waals surface area contributed by atoms with Crippen molar-refractivity contribution in [3.05, 3.63) is 23.3 Å². The van der Waals surface area contributed by atoms with Gasteiger partial charge in [-0.1, -0.05) is 20.8 Å². The van der Waals surface area contributed by atoms with Crippen LogP contribution >= 0.6 is 12.6 Å². The zero-order chi connectivity index (χ0) is 10.8. The van der Waals surface area contributed by atoms with Crippen molar-refractivity contribution in [3.63, 3.8) is 0 Å². The minimum absolute atomic E-state index is 0.0963. The molecule has 0 saturated carbocycles. The molecule has 0 N–H and O–H groups in total. The van der Waals surface area contributed by atoms with Gasteiger partial charge in [-0.05, 0) is 18.7 Å². The van der Waals surface area contributed by atoms with Crippen LogP contribution in [0, 0.1) is 6.92 Å². The van der Waals surface area contributed by atoms with Gasteiger partial charge >= 0.3 is 0 Å². The average molecular weight is 210 g/mol. The molecular formula is C11H18N2S. The first-order chi connectivity index (χ1) is 6.43. The molecule has 1 rings (SSSR count). The Kier molecular flexibility index (Phi) is 3.53. The molecule has 0 aliphatic carbocycles. The van der Waals surface area contributed by atoms with Gasteiger partial charge in [-0.3, -0.25) is 0 Å². The molecule has 0 aliphatic rings. The maximum Gasteiger partial charge on any atom is 0.129 e. The van der Waals surface area contributed by atoms with Gasteiger partial charge in [0.1, 0.15) is 5.82 Å². The first-order valence-electron chi connectivity index (χ1n) is 4.89. The number of hydrogen-bond acceptors (Lipinski definition) is 3.